The quantitative estimate of drug-likeness (QED) is 0.122. The number of aliphatic hydroxyl groups is 1. The number of aromatic nitrogens is 1. The molecule has 3 heterocycles. The van der Waals surface area contributed by atoms with Crippen LogP contribution in [0.15, 0.2) is 90.5 Å². The molecule has 2 saturated heterocycles. The van der Waals surface area contributed by atoms with Crippen LogP contribution in [0, 0.1) is 23.7 Å². The van der Waals surface area contributed by atoms with Crippen molar-refractivity contribution in [2.45, 2.75) is 30.4 Å². The van der Waals surface area contributed by atoms with Crippen molar-refractivity contribution in [3.8, 4) is 11.5 Å². The highest BCUT2D eigenvalue weighted by Gasteiger charge is 2.70. The highest BCUT2D eigenvalue weighted by molar-refractivity contribution is 6.36. The highest BCUT2D eigenvalue weighted by Crippen LogP contribution is 2.64. The van der Waals surface area contributed by atoms with E-state index in [4.69, 9.17) is 44.3 Å². The van der Waals surface area contributed by atoms with Crippen LogP contribution in [0.3, 0.4) is 0 Å². The number of nitrogens with one attached hydrogen (secondary N) is 1. The summed E-state index contributed by atoms with van der Waals surface area (Å²) < 4.78 is 52.3. The molecule has 6 unspecified atom stereocenters. The Morgan fingerprint density at radius 1 is 0.900 bits per heavy atom. The van der Waals surface area contributed by atoms with Gasteiger partial charge in [-0.1, -0.05) is 70.7 Å². The SMILES string of the molecule is COc1ccc(C23C(=O)N(Nc4ccc(Cl)cc4Cl)C(=O)C2CC2C(=CCC4C(=O)N(N(C)c5nc(C(F)(F)F)ccc5Cl)C(=O)C42)C3c2ccc(OCCO)cc2)cc1. The Labute approximate surface area is 356 Å². The average Bonchev–Trinajstić information content (AvgIpc) is 3.61. The molecule has 6 atom stereocenters. The third-order valence-electron chi connectivity index (χ3n) is 11.9. The van der Waals surface area contributed by atoms with E-state index in [0.29, 0.717) is 39.3 Å². The molecular weight excluding hydrogens is 850 g/mol. The van der Waals surface area contributed by atoms with Crippen molar-refractivity contribution in [3.63, 3.8) is 0 Å². The molecule has 3 fully saturated rings. The Kier molecular flexibility index (Phi) is 10.8. The molecule has 8 rings (SSSR count). The van der Waals surface area contributed by atoms with Crippen molar-refractivity contribution in [3.05, 3.63) is 122 Å². The Hall–Kier alpha value is -5.35. The zero-order valence-corrected chi connectivity index (χ0v) is 34.0. The lowest BCUT2D eigenvalue weighted by Gasteiger charge is -2.50. The minimum absolute atomic E-state index is 0.0279. The predicted octanol–water partition coefficient (Wildman–Crippen LogP) is 7.48. The number of hydrogen-bond acceptors (Lipinski definition) is 10. The van der Waals surface area contributed by atoms with Gasteiger partial charge in [-0.05, 0) is 84.5 Å². The first kappa shape index (κ1) is 41.4. The molecule has 2 aliphatic carbocycles. The van der Waals surface area contributed by atoms with Crippen molar-refractivity contribution in [2.24, 2.45) is 23.7 Å². The highest BCUT2D eigenvalue weighted by atomic mass is 35.5. The molecule has 1 aromatic heterocycles. The van der Waals surface area contributed by atoms with E-state index in [1.54, 1.807) is 54.6 Å². The number of allylic oxidation sites excluding steroid dienone is 2. The summed E-state index contributed by atoms with van der Waals surface area (Å²) in [5, 5.41) is 12.2. The summed E-state index contributed by atoms with van der Waals surface area (Å²) in [7, 11) is 2.73. The van der Waals surface area contributed by atoms with Crippen LogP contribution in [-0.2, 0) is 30.8 Å². The molecule has 0 spiro atoms. The van der Waals surface area contributed by atoms with Gasteiger partial charge < -0.3 is 14.6 Å². The van der Waals surface area contributed by atoms with Gasteiger partial charge in [-0.3, -0.25) is 29.6 Å². The van der Waals surface area contributed by atoms with Crippen LogP contribution in [-0.4, -0.2) is 71.1 Å². The van der Waals surface area contributed by atoms with Gasteiger partial charge in [0.25, 0.3) is 23.6 Å². The number of ether oxygens (including phenoxy) is 2. The van der Waals surface area contributed by atoms with Gasteiger partial charge in [0.1, 0.15) is 23.8 Å². The molecular formula is C42H35Cl3F3N5O7. The second-order valence-corrected chi connectivity index (χ2v) is 16.1. The molecule has 18 heteroatoms. The number of amides is 4. The van der Waals surface area contributed by atoms with Crippen LogP contribution in [0.4, 0.5) is 24.7 Å². The van der Waals surface area contributed by atoms with Crippen LogP contribution in [0.5, 0.6) is 11.5 Å². The molecule has 0 bridgehead atoms. The predicted molar refractivity (Wildman–Crippen MR) is 214 cm³/mol. The lowest BCUT2D eigenvalue weighted by atomic mass is 9.49. The Bertz CT molecular complexity index is 2440. The zero-order chi connectivity index (χ0) is 42.8. The fourth-order valence-electron chi connectivity index (χ4n) is 9.33. The Morgan fingerprint density at radius 3 is 2.25 bits per heavy atom. The number of hydrogen-bond donors (Lipinski definition) is 2. The Balaban J connectivity index is 1.28. The van der Waals surface area contributed by atoms with Crippen molar-refractivity contribution in [1.82, 2.24) is 15.0 Å². The standard InChI is InChI=1S/C42H35Cl3F3N5O7/c1-51(36-30(44)14-16-33(49-36)42(46,47)48)53-37(55)27-13-12-26-28(34(27)39(53)57)20-29-38(56)52(50-32-15-7-23(43)19-31(32)45)40(58)41(29,22-5-10-24(59-2)11-6-22)35(26)21-3-8-25(9-4-21)60-18-17-54/h3-12,14-16,19,27-29,34-35,50,54H,13,17-18,20H2,1-2H3. The monoisotopic (exact) mass is 883 g/mol. The first-order valence-electron chi connectivity index (χ1n) is 18.7. The molecule has 3 aromatic carbocycles. The zero-order valence-electron chi connectivity index (χ0n) is 31.8. The van der Waals surface area contributed by atoms with E-state index in [-0.39, 0.29) is 41.8 Å². The first-order valence-corrected chi connectivity index (χ1v) is 19.9. The molecule has 0 radical (unpaired) electrons. The van der Waals surface area contributed by atoms with Crippen molar-refractivity contribution >= 4 is 69.9 Å². The molecule has 2 N–H and O–H groups in total. The molecule has 312 valence electrons. The maximum absolute atomic E-state index is 15.5. The maximum Gasteiger partial charge on any atom is 0.433 e. The second-order valence-electron chi connectivity index (χ2n) is 14.9. The molecule has 2 aliphatic heterocycles. The van der Waals surface area contributed by atoms with Crippen LogP contribution in [0.25, 0.3) is 0 Å². The lowest BCUT2D eigenvalue weighted by Crippen LogP contribution is -2.53. The van der Waals surface area contributed by atoms with Crippen molar-refractivity contribution < 1.29 is 46.9 Å². The normalized spacial score (nSPS) is 24.8. The minimum Gasteiger partial charge on any atom is -0.497 e. The van der Waals surface area contributed by atoms with E-state index in [1.165, 1.54) is 26.3 Å². The number of imide groups is 2. The van der Waals surface area contributed by atoms with E-state index >= 15 is 9.59 Å². The second kappa shape index (κ2) is 15.6. The summed E-state index contributed by atoms with van der Waals surface area (Å²) in [5.41, 5.74) is 1.94. The third-order valence-corrected chi connectivity index (χ3v) is 12.7. The largest absolute Gasteiger partial charge is 0.497 e. The van der Waals surface area contributed by atoms with Crippen LogP contribution >= 0.6 is 34.8 Å². The number of hydrazine groups is 2. The molecule has 12 nitrogen and oxygen atoms in total. The number of pyridine rings is 1. The molecule has 4 aromatic rings. The summed E-state index contributed by atoms with van der Waals surface area (Å²) >= 11 is 19.0. The number of aliphatic hydroxyl groups excluding tert-OH is 1. The fraction of sp³-hybridized carbons (Fsp3) is 0.310. The average molecular weight is 885 g/mol. The van der Waals surface area contributed by atoms with Gasteiger partial charge >= 0.3 is 6.18 Å². The number of halogens is 6. The van der Waals surface area contributed by atoms with Crippen molar-refractivity contribution in [2.75, 3.05) is 37.8 Å². The minimum atomic E-state index is -4.84. The van der Waals surface area contributed by atoms with E-state index in [2.05, 4.69) is 10.4 Å². The van der Waals surface area contributed by atoms with Crippen LogP contribution < -0.4 is 19.9 Å². The van der Waals surface area contributed by atoms with Gasteiger partial charge in [-0.2, -0.15) is 23.2 Å². The summed E-state index contributed by atoms with van der Waals surface area (Å²) in [6.07, 6.45) is -3.03. The topological polar surface area (TPSA) is 142 Å². The molecule has 4 amide bonds. The van der Waals surface area contributed by atoms with E-state index in [9.17, 15) is 27.9 Å². The summed E-state index contributed by atoms with van der Waals surface area (Å²) in [6.45, 7) is -0.198. The van der Waals surface area contributed by atoms with Gasteiger partial charge in [0, 0.05) is 18.0 Å². The summed E-state index contributed by atoms with van der Waals surface area (Å²) in [6, 6.07) is 19.9. The van der Waals surface area contributed by atoms with Gasteiger partial charge in [0.15, 0.2) is 5.82 Å². The number of carbonyl (C=O) groups is 4. The third kappa shape index (κ3) is 6.62. The molecule has 60 heavy (non-hydrogen) atoms. The fourth-order valence-corrected chi connectivity index (χ4v) is 10.0. The number of rotatable bonds is 10. The van der Waals surface area contributed by atoms with Crippen molar-refractivity contribution in [1.29, 1.82) is 0 Å². The lowest BCUT2D eigenvalue weighted by molar-refractivity contribution is -0.142. The number of benzene rings is 3. The summed E-state index contributed by atoms with van der Waals surface area (Å²) in [5.74, 6) is -7.06. The van der Waals surface area contributed by atoms with Gasteiger partial charge in [-0.15, -0.1) is 0 Å². The molecule has 1 saturated carbocycles. The first-order chi connectivity index (χ1) is 28.6. The van der Waals surface area contributed by atoms with E-state index in [0.717, 1.165) is 21.1 Å². The number of methoxy groups -OCH3 is 1. The van der Waals surface area contributed by atoms with Crippen LogP contribution in [0.2, 0.25) is 15.1 Å². The van der Waals surface area contributed by atoms with E-state index in [1.807, 2.05) is 6.08 Å². The molecule has 4 aliphatic rings. The van der Waals surface area contributed by atoms with Crippen LogP contribution in [0.1, 0.15) is 35.6 Å². The number of fused-ring (bicyclic) bond motifs is 4. The summed E-state index contributed by atoms with van der Waals surface area (Å²) in [4.78, 5) is 63.1. The Morgan fingerprint density at radius 2 is 1.60 bits per heavy atom. The van der Waals surface area contributed by atoms with E-state index < -0.39 is 76.3 Å². The number of alkyl halides is 3. The van der Waals surface area contributed by atoms with Gasteiger partial charge in [0.05, 0.1) is 52.6 Å². The van der Waals surface area contributed by atoms with Gasteiger partial charge in [-0.25, -0.2) is 4.98 Å². The number of nitrogens with zero attached hydrogens (tertiary/aromatic N) is 4. The number of carbonyl (C=O) groups excluding carboxylic acids is 4. The van der Waals surface area contributed by atoms with Gasteiger partial charge in [0.2, 0.25) is 0 Å². The maximum atomic E-state index is 15.5. The number of anilines is 2. The smallest absolute Gasteiger partial charge is 0.433 e.